The first-order chi connectivity index (χ1) is 17.5. The predicted molar refractivity (Wildman–Crippen MR) is 141 cm³/mol. The number of nitrogens with one attached hydrogen (secondary N) is 2. The number of nitrogens with zero attached hydrogens (tertiary/aromatic N) is 1. The number of carbonyl (C=O) groups is 1. The molecule has 0 unspecified atom stereocenters. The van der Waals surface area contributed by atoms with E-state index in [2.05, 4.69) is 10.3 Å². The highest BCUT2D eigenvalue weighted by molar-refractivity contribution is 7.91. The number of amides is 1. The normalized spacial score (nSPS) is 11.6. The van der Waals surface area contributed by atoms with Crippen LogP contribution < -0.4 is 15.6 Å². The minimum absolute atomic E-state index is 0.0856. The van der Waals surface area contributed by atoms with E-state index in [1.165, 1.54) is 34.9 Å². The van der Waals surface area contributed by atoms with E-state index >= 15 is 0 Å². The summed E-state index contributed by atoms with van der Waals surface area (Å²) in [6.45, 7) is 7.18. The monoisotopic (exact) mass is 525 g/mol. The van der Waals surface area contributed by atoms with Crippen LogP contribution in [-0.4, -0.2) is 36.2 Å². The van der Waals surface area contributed by atoms with Gasteiger partial charge in [0.05, 0.1) is 21.6 Å². The van der Waals surface area contributed by atoms with Crippen LogP contribution in [0.3, 0.4) is 0 Å². The standard InChI is InChI=1S/C27H28FN3O5S/c1-6-29-26(32)22-13-20-24(30-22)21(14-31(5)27(20)33)19-12-18(37(34,35)7-2)8-9-23(19)36-25-15(3)10-17(28)11-16(25)4/h8-14,30H,6-7H2,1-5H3,(H,29,32). The van der Waals surface area contributed by atoms with Gasteiger partial charge in [0, 0.05) is 30.9 Å². The summed E-state index contributed by atoms with van der Waals surface area (Å²) >= 11 is 0. The average molecular weight is 526 g/mol. The van der Waals surface area contributed by atoms with Crippen molar-refractivity contribution >= 4 is 26.6 Å². The molecule has 8 nitrogen and oxygen atoms in total. The summed E-state index contributed by atoms with van der Waals surface area (Å²) in [7, 11) is -2.00. The molecule has 0 radical (unpaired) electrons. The molecule has 2 N–H and O–H groups in total. The van der Waals surface area contributed by atoms with Crippen LogP contribution in [0.25, 0.3) is 22.0 Å². The third-order valence-electron chi connectivity index (χ3n) is 6.16. The first kappa shape index (κ1) is 26.2. The van der Waals surface area contributed by atoms with E-state index in [1.807, 2.05) is 0 Å². The molecule has 2 aromatic heterocycles. The summed E-state index contributed by atoms with van der Waals surface area (Å²) in [6, 6.07) is 8.68. The maximum Gasteiger partial charge on any atom is 0.267 e. The van der Waals surface area contributed by atoms with Gasteiger partial charge in [-0.25, -0.2) is 12.8 Å². The van der Waals surface area contributed by atoms with Gasteiger partial charge in [0.1, 0.15) is 23.0 Å². The molecule has 0 atom stereocenters. The van der Waals surface area contributed by atoms with Crippen molar-refractivity contribution in [3.8, 4) is 22.6 Å². The van der Waals surface area contributed by atoms with Crippen LogP contribution in [0.4, 0.5) is 4.39 Å². The average Bonchev–Trinajstić information content (AvgIpc) is 3.30. The van der Waals surface area contributed by atoms with Gasteiger partial charge in [-0.1, -0.05) is 6.92 Å². The van der Waals surface area contributed by atoms with Crippen molar-refractivity contribution < 1.29 is 22.3 Å². The molecule has 10 heteroatoms. The van der Waals surface area contributed by atoms with E-state index in [4.69, 9.17) is 4.74 Å². The SMILES string of the molecule is CCNC(=O)c1cc2c(=O)n(C)cc(-c3cc(S(=O)(=O)CC)ccc3Oc3c(C)cc(F)cc3C)c2[nH]1. The Bertz CT molecular complexity index is 1680. The zero-order valence-corrected chi connectivity index (χ0v) is 22.0. The number of hydrogen-bond donors (Lipinski definition) is 2. The maximum atomic E-state index is 13.9. The molecule has 194 valence electrons. The highest BCUT2D eigenvalue weighted by Crippen LogP contribution is 2.40. The largest absolute Gasteiger partial charge is 0.456 e. The highest BCUT2D eigenvalue weighted by atomic mass is 32.2. The second-order valence-corrected chi connectivity index (χ2v) is 11.1. The Balaban J connectivity index is 2.02. The van der Waals surface area contributed by atoms with Crippen molar-refractivity contribution in [3.63, 3.8) is 0 Å². The Morgan fingerprint density at radius 2 is 1.76 bits per heavy atom. The lowest BCUT2D eigenvalue weighted by atomic mass is 10.0. The third kappa shape index (κ3) is 4.89. The van der Waals surface area contributed by atoms with Crippen molar-refractivity contribution in [2.24, 2.45) is 7.05 Å². The minimum Gasteiger partial charge on any atom is -0.456 e. The molecule has 4 aromatic rings. The third-order valence-corrected chi connectivity index (χ3v) is 7.89. The molecule has 0 aliphatic heterocycles. The molecular weight excluding hydrogens is 497 g/mol. The number of H-pyrrole nitrogens is 1. The van der Waals surface area contributed by atoms with Crippen LogP contribution in [0.2, 0.25) is 0 Å². The number of carbonyl (C=O) groups excluding carboxylic acids is 1. The number of aromatic nitrogens is 2. The van der Waals surface area contributed by atoms with Gasteiger partial charge < -0.3 is 19.6 Å². The van der Waals surface area contributed by atoms with Gasteiger partial charge in [-0.05, 0) is 68.3 Å². The molecule has 0 fully saturated rings. The first-order valence-corrected chi connectivity index (χ1v) is 13.4. The van der Waals surface area contributed by atoms with Crippen molar-refractivity contribution in [2.75, 3.05) is 12.3 Å². The Labute approximate surface area is 214 Å². The molecule has 0 saturated carbocycles. The smallest absolute Gasteiger partial charge is 0.267 e. The molecule has 0 saturated heterocycles. The minimum atomic E-state index is -3.58. The molecule has 0 bridgehead atoms. The molecule has 0 aliphatic carbocycles. The molecule has 4 rings (SSSR count). The van der Waals surface area contributed by atoms with Crippen molar-refractivity contribution in [2.45, 2.75) is 32.6 Å². The predicted octanol–water partition coefficient (Wildman–Crippen LogP) is 4.63. The van der Waals surface area contributed by atoms with E-state index in [-0.39, 0.29) is 33.2 Å². The summed E-state index contributed by atoms with van der Waals surface area (Å²) in [5.74, 6) is -0.125. The lowest BCUT2D eigenvalue weighted by Crippen LogP contribution is -2.22. The number of halogens is 1. The lowest BCUT2D eigenvalue weighted by Gasteiger charge is -2.17. The van der Waals surface area contributed by atoms with Gasteiger partial charge >= 0.3 is 0 Å². The zero-order chi connectivity index (χ0) is 27.1. The van der Waals surface area contributed by atoms with Crippen LogP contribution in [0, 0.1) is 19.7 Å². The van der Waals surface area contributed by atoms with E-state index < -0.39 is 15.7 Å². The molecule has 2 aromatic carbocycles. The second kappa shape index (κ2) is 9.85. The number of rotatable bonds is 7. The molecule has 1 amide bonds. The van der Waals surface area contributed by atoms with Crippen LogP contribution in [-0.2, 0) is 16.9 Å². The molecule has 37 heavy (non-hydrogen) atoms. The Kier molecular flexibility index (Phi) is 6.96. The summed E-state index contributed by atoms with van der Waals surface area (Å²) in [5, 5.41) is 2.97. The van der Waals surface area contributed by atoms with Gasteiger partial charge in [0.15, 0.2) is 9.84 Å². The van der Waals surface area contributed by atoms with Crippen LogP contribution >= 0.6 is 0 Å². The number of ether oxygens (including phenoxy) is 1. The van der Waals surface area contributed by atoms with E-state index in [0.717, 1.165) is 0 Å². The number of benzene rings is 2. The zero-order valence-electron chi connectivity index (χ0n) is 21.2. The topological polar surface area (TPSA) is 110 Å². The first-order valence-electron chi connectivity index (χ1n) is 11.8. The van der Waals surface area contributed by atoms with Gasteiger partial charge in [0.25, 0.3) is 11.5 Å². The number of pyridine rings is 1. The van der Waals surface area contributed by atoms with Crippen molar-refractivity contribution in [1.82, 2.24) is 14.9 Å². The quantitative estimate of drug-likeness (QED) is 0.366. The molecular formula is C27H28FN3O5S. The summed E-state index contributed by atoms with van der Waals surface area (Å²) in [6.07, 6.45) is 1.57. The highest BCUT2D eigenvalue weighted by Gasteiger charge is 2.22. The van der Waals surface area contributed by atoms with Gasteiger partial charge in [-0.3, -0.25) is 9.59 Å². The fourth-order valence-corrected chi connectivity index (χ4v) is 5.17. The summed E-state index contributed by atoms with van der Waals surface area (Å²) in [5.41, 5.74) is 2.24. The number of hydrogen-bond acceptors (Lipinski definition) is 5. The number of fused-ring (bicyclic) bond motifs is 1. The number of aryl methyl sites for hydroxylation is 3. The fourth-order valence-electron chi connectivity index (χ4n) is 4.26. The maximum absolute atomic E-state index is 13.9. The molecule has 0 aliphatic rings. The Morgan fingerprint density at radius 1 is 1.08 bits per heavy atom. The van der Waals surface area contributed by atoms with E-state index in [9.17, 15) is 22.4 Å². The number of sulfone groups is 1. The second-order valence-electron chi connectivity index (χ2n) is 8.82. The summed E-state index contributed by atoms with van der Waals surface area (Å²) < 4.78 is 47.0. The van der Waals surface area contributed by atoms with Crippen LogP contribution in [0.15, 0.2) is 52.3 Å². The Morgan fingerprint density at radius 3 is 2.38 bits per heavy atom. The molecule has 0 spiro atoms. The lowest BCUT2D eigenvalue weighted by molar-refractivity contribution is 0.0951. The molecule has 2 heterocycles. The van der Waals surface area contributed by atoms with E-state index in [1.54, 1.807) is 47.0 Å². The van der Waals surface area contributed by atoms with Crippen molar-refractivity contribution in [1.29, 1.82) is 0 Å². The van der Waals surface area contributed by atoms with E-state index in [0.29, 0.717) is 45.8 Å². The Hall–Kier alpha value is -3.92. The number of aromatic amines is 1. The fraction of sp³-hybridized carbons (Fsp3) is 0.259. The van der Waals surface area contributed by atoms with Crippen molar-refractivity contribution in [3.05, 3.63) is 75.6 Å². The van der Waals surface area contributed by atoms with Crippen LogP contribution in [0.1, 0.15) is 35.5 Å². The van der Waals surface area contributed by atoms with Gasteiger partial charge in [-0.15, -0.1) is 0 Å². The van der Waals surface area contributed by atoms with Gasteiger partial charge in [-0.2, -0.15) is 0 Å². The summed E-state index contributed by atoms with van der Waals surface area (Å²) in [4.78, 5) is 28.5. The van der Waals surface area contributed by atoms with Gasteiger partial charge in [0.2, 0.25) is 0 Å². The van der Waals surface area contributed by atoms with Crippen LogP contribution in [0.5, 0.6) is 11.5 Å².